The van der Waals surface area contributed by atoms with Crippen LogP contribution in [0.5, 0.6) is 0 Å². The van der Waals surface area contributed by atoms with Crippen LogP contribution in [0.15, 0.2) is 69.9 Å². The molecule has 16 atom stereocenters. The van der Waals surface area contributed by atoms with Gasteiger partial charge in [0.15, 0.2) is 0 Å². The highest BCUT2D eigenvalue weighted by Crippen LogP contribution is 2.67. The van der Waals surface area contributed by atoms with Gasteiger partial charge in [0, 0.05) is 17.3 Å². The second kappa shape index (κ2) is 18.7. The van der Waals surface area contributed by atoms with E-state index in [-0.39, 0.29) is 59.4 Å². The van der Waals surface area contributed by atoms with Crippen molar-refractivity contribution < 1.29 is 56.0 Å². The predicted octanol–water partition coefficient (Wildman–Crippen LogP) is 11.0. The van der Waals surface area contributed by atoms with Crippen LogP contribution >= 0.6 is 0 Å². The zero-order chi connectivity index (χ0) is 53.6. The number of nitrogens with zero attached hydrogens (tertiary/aromatic N) is 1. The molecule has 2 aromatic carbocycles. The number of benzene rings is 2. The fourth-order valence-electron chi connectivity index (χ4n) is 16.5. The number of hydrogen-bond donors (Lipinski definition) is 2. The van der Waals surface area contributed by atoms with Gasteiger partial charge in [0.1, 0.15) is 23.4 Å². The van der Waals surface area contributed by atoms with E-state index in [1.807, 2.05) is 63.2 Å². The fourth-order valence-corrected chi connectivity index (χ4v) is 16.5. The van der Waals surface area contributed by atoms with Crippen molar-refractivity contribution in [3.63, 3.8) is 0 Å². The number of alkyl carbamates (subject to hydrolysis) is 2. The Morgan fingerprint density at radius 2 is 1.17 bits per heavy atom. The average Bonchev–Trinajstić information content (AvgIpc) is 3.88. The molecule has 3 aliphatic heterocycles. The minimum absolute atomic E-state index is 0.00614. The van der Waals surface area contributed by atoms with Crippen LogP contribution in [0.2, 0.25) is 0 Å². The monoisotopic (exact) mass is 1060 g/mol. The predicted molar refractivity (Wildman–Crippen MR) is 289 cm³/mol. The molecule has 12 fully saturated rings. The number of nitrogens with one attached hydrogen (secondary N) is 2. The molecule has 4 bridgehead atoms. The standard InChI is InChI=1S/C32H43BN2O7.C28H36BNO5/c1-30(2,3)40-29(37)35-15-18-11-22(18)23(35)17-39-28(36)34-27(12-19-16-38-24-10-8-7-9-21(19)24)33-41-26-14-20-13-25(31(20,4)5)32(26,6)42-33;1-27(2)19-12-23(27)28(3)24(13-19)34-29(35-28)25(11-18-15-32-22-7-5-4-6-20(18)22)30-26(31)33-14-17-9-8-16-10-21(16)17/h7-10,16,18,20,22-23,25-27H,11-15,17H2,1-6H3,(H,34,36);4-7,15-17,19,21,23-25H,8-14H2,1-3H3,(H,30,31)/t18-,20-,22-,23-,25-,26+,27-,32-;16-,17+,19+,21+,23+,24-,25+,28+/m01/s1. The third-order valence-corrected chi connectivity index (χ3v) is 21.4. The highest BCUT2D eigenvalue weighted by Gasteiger charge is 2.70. The Labute approximate surface area is 453 Å². The van der Waals surface area contributed by atoms with E-state index in [4.69, 9.17) is 41.7 Å². The summed E-state index contributed by atoms with van der Waals surface area (Å²) in [6.07, 6.45) is 12.5. The molecule has 3 amide bonds. The van der Waals surface area contributed by atoms with E-state index in [2.05, 4.69) is 58.2 Å². The molecule has 2 aromatic heterocycles. The van der Waals surface area contributed by atoms with E-state index in [9.17, 15) is 14.4 Å². The first-order chi connectivity index (χ1) is 36.7. The lowest BCUT2D eigenvalue weighted by atomic mass is 9.43. The third kappa shape index (κ3) is 9.16. The number of amides is 3. The molecule has 3 saturated heterocycles. The smallest absolute Gasteiger partial charge is 0.464 e. The van der Waals surface area contributed by atoms with Gasteiger partial charge in [0.05, 0.1) is 60.5 Å². The fraction of sp³-hybridized carbons (Fsp3) is 0.683. The number of carbonyl (C=O) groups excluding carboxylic acids is 3. The van der Waals surface area contributed by atoms with Crippen molar-refractivity contribution in [1.82, 2.24) is 15.5 Å². The van der Waals surface area contributed by atoms with E-state index in [1.165, 1.54) is 25.7 Å². The number of likely N-dealkylation sites (tertiary alicyclic amines) is 1. The number of ether oxygens (including phenoxy) is 3. The van der Waals surface area contributed by atoms with Gasteiger partial charge >= 0.3 is 32.5 Å². The minimum atomic E-state index is -0.617. The maximum Gasteiger partial charge on any atom is 0.482 e. The summed E-state index contributed by atoms with van der Waals surface area (Å²) in [6, 6.07) is 15.7. The van der Waals surface area contributed by atoms with Crippen molar-refractivity contribution in [3.8, 4) is 0 Å². The first-order valence-electron chi connectivity index (χ1n) is 29.1. The summed E-state index contributed by atoms with van der Waals surface area (Å²) >= 11 is 0. The molecule has 412 valence electrons. The van der Waals surface area contributed by atoms with Crippen LogP contribution in [-0.4, -0.2) is 104 Å². The van der Waals surface area contributed by atoms with E-state index < -0.39 is 37.5 Å². The molecular weight excluding hydrogens is 976 g/mol. The van der Waals surface area contributed by atoms with Gasteiger partial charge in [-0.15, -0.1) is 0 Å². The number of rotatable bonds is 12. The molecule has 9 aliphatic carbocycles. The molecule has 0 unspecified atom stereocenters. The zero-order valence-electron chi connectivity index (χ0n) is 46.5. The molecule has 17 heteroatoms. The lowest BCUT2D eigenvalue weighted by Gasteiger charge is -2.64. The van der Waals surface area contributed by atoms with Gasteiger partial charge < -0.3 is 57.2 Å². The highest BCUT2D eigenvalue weighted by atomic mass is 16.7. The number of fused-ring (bicyclic) bond motifs is 4. The van der Waals surface area contributed by atoms with Crippen molar-refractivity contribution in [2.24, 2.45) is 64.1 Å². The van der Waals surface area contributed by atoms with Crippen molar-refractivity contribution in [3.05, 3.63) is 72.2 Å². The Kier molecular flexibility index (Phi) is 12.6. The van der Waals surface area contributed by atoms with Crippen LogP contribution in [0.25, 0.3) is 21.9 Å². The first-order valence-corrected chi connectivity index (χ1v) is 29.1. The molecule has 5 heterocycles. The molecular formula is C60H79B2N3O12. The summed E-state index contributed by atoms with van der Waals surface area (Å²) in [7, 11) is -1.13. The summed E-state index contributed by atoms with van der Waals surface area (Å²) in [4.78, 5) is 40.9. The molecule has 15 nitrogen and oxygen atoms in total. The number of furan rings is 2. The van der Waals surface area contributed by atoms with Crippen molar-refractivity contribution in [2.45, 2.75) is 173 Å². The lowest BCUT2D eigenvalue weighted by Crippen LogP contribution is -2.65. The van der Waals surface area contributed by atoms with Gasteiger partial charge in [0.25, 0.3) is 0 Å². The summed E-state index contributed by atoms with van der Waals surface area (Å²) in [5, 5.41) is 8.28. The van der Waals surface area contributed by atoms with E-state index in [0.29, 0.717) is 67.4 Å². The Balaban J connectivity index is 0.000000149. The maximum atomic E-state index is 13.4. The van der Waals surface area contributed by atoms with Crippen molar-refractivity contribution in [1.29, 1.82) is 0 Å². The summed E-state index contributed by atoms with van der Waals surface area (Å²) in [5.74, 6) is 4.33. The summed E-state index contributed by atoms with van der Waals surface area (Å²) in [5.41, 5.74) is 2.84. The van der Waals surface area contributed by atoms with Crippen LogP contribution in [0.4, 0.5) is 14.4 Å². The van der Waals surface area contributed by atoms with Crippen LogP contribution in [0.3, 0.4) is 0 Å². The van der Waals surface area contributed by atoms with Gasteiger partial charge in [-0.2, -0.15) is 0 Å². The molecule has 16 rings (SSSR count). The number of hydrogen-bond acceptors (Lipinski definition) is 12. The Hall–Kier alpha value is -4.70. The largest absolute Gasteiger partial charge is 0.482 e. The van der Waals surface area contributed by atoms with Crippen LogP contribution in [0.1, 0.15) is 125 Å². The second-order valence-electron chi connectivity index (χ2n) is 27.7. The topological polar surface area (TPSA) is 169 Å². The third-order valence-electron chi connectivity index (χ3n) is 21.4. The van der Waals surface area contributed by atoms with E-state index in [1.54, 1.807) is 17.4 Å². The van der Waals surface area contributed by atoms with Gasteiger partial charge in [-0.1, -0.05) is 64.1 Å². The van der Waals surface area contributed by atoms with Crippen molar-refractivity contribution in [2.75, 3.05) is 19.8 Å². The van der Waals surface area contributed by atoms with Gasteiger partial charge in [-0.3, -0.25) is 0 Å². The van der Waals surface area contributed by atoms with E-state index >= 15 is 0 Å². The molecule has 4 aromatic rings. The van der Waals surface area contributed by atoms with Crippen LogP contribution in [0, 0.1) is 64.1 Å². The molecule has 9 saturated carbocycles. The Bertz CT molecular complexity index is 2920. The average molecular weight is 1060 g/mol. The first kappa shape index (κ1) is 51.7. The summed E-state index contributed by atoms with van der Waals surface area (Å²) in [6.45, 7) is 20.7. The quantitative estimate of drug-likeness (QED) is 0.102. The van der Waals surface area contributed by atoms with Crippen LogP contribution < -0.4 is 10.6 Å². The number of para-hydroxylation sites is 2. The van der Waals surface area contributed by atoms with Crippen molar-refractivity contribution >= 4 is 54.5 Å². The maximum absolute atomic E-state index is 13.4. The molecule has 0 radical (unpaired) electrons. The zero-order valence-corrected chi connectivity index (χ0v) is 46.5. The SMILES string of the molecule is CC(C)(C)OC(=O)N1C[C@@H]2C[C@@H]2[C@@H]1COC(=O)N[C@@H](Cc1coc2ccccc12)B1O[C@@H]2C[C@@H]3C[C@@H](C3(C)C)[C@]2(C)O1.CC1(C)[C@@H]2C[C@H]3OB([C@H](Cc4coc5ccccc45)NC(=O)OC[C@@H]4CC[C@@H]5C[C@@H]54)O[C@@]3(C)[C@H]1C2. The Morgan fingerprint density at radius 3 is 1.65 bits per heavy atom. The lowest BCUT2D eigenvalue weighted by molar-refractivity contribution is -0.199. The second-order valence-corrected chi connectivity index (χ2v) is 27.7. The highest BCUT2D eigenvalue weighted by molar-refractivity contribution is 6.48. The molecule has 77 heavy (non-hydrogen) atoms. The molecule has 12 aliphatic rings. The van der Waals surface area contributed by atoms with E-state index in [0.717, 1.165) is 70.6 Å². The number of carbonyl (C=O) groups is 3. The Morgan fingerprint density at radius 1 is 0.662 bits per heavy atom. The molecule has 0 spiro atoms. The van der Waals surface area contributed by atoms with Gasteiger partial charge in [-0.25, -0.2) is 14.4 Å². The van der Waals surface area contributed by atoms with Gasteiger partial charge in [0.2, 0.25) is 0 Å². The molecule has 2 N–H and O–H groups in total. The van der Waals surface area contributed by atoms with Gasteiger partial charge in [-0.05, 0) is 186 Å². The number of piperidine rings is 1. The minimum Gasteiger partial charge on any atom is -0.464 e. The summed E-state index contributed by atoms with van der Waals surface area (Å²) < 4.78 is 55.4. The van der Waals surface area contributed by atoms with Crippen LogP contribution in [-0.2, 0) is 45.7 Å². The normalized spacial score (nSPS) is 36.7.